The summed E-state index contributed by atoms with van der Waals surface area (Å²) in [6.45, 7) is 3.74. The van der Waals surface area contributed by atoms with Gasteiger partial charge >= 0.3 is 0 Å². The second-order valence-corrected chi connectivity index (χ2v) is 7.70. The minimum Gasteiger partial charge on any atom is -0.432 e. The SMILES string of the molecule is C=[C-]C(=O)COCc1ccc([S+](c2ccccc2)c2ccccc2)cc1.[Rh]. The van der Waals surface area contributed by atoms with E-state index in [-0.39, 0.29) is 42.8 Å². The van der Waals surface area contributed by atoms with Gasteiger partial charge in [-0.05, 0) is 42.0 Å². The van der Waals surface area contributed by atoms with Gasteiger partial charge in [0.2, 0.25) is 0 Å². The molecular formula is C23H20O2RhS. The van der Waals surface area contributed by atoms with Gasteiger partial charge in [-0.15, -0.1) is 0 Å². The molecule has 3 aromatic carbocycles. The van der Waals surface area contributed by atoms with E-state index in [4.69, 9.17) is 4.74 Å². The number of ether oxygens (including phenoxy) is 1. The minimum atomic E-state index is -0.226. The first kappa shape index (κ1) is 21.3. The van der Waals surface area contributed by atoms with Crippen molar-refractivity contribution in [1.29, 1.82) is 0 Å². The number of rotatable bonds is 8. The van der Waals surface area contributed by atoms with Crippen molar-refractivity contribution in [3.05, 3.63) is 103 Å². The van der Waals surface area contributed by atoms with Crippen LogP contribution >= 0.6 is 0 Å². The fourth-order valence-electron chi connectivity index (χ4n) is 2.56. The number of hydrogen-bond donors (Lipinski definition) is 0. The summed E-state index contributed by atoms with van der Waals surface area (Å²) in [6, 6.07) is 29.5. The van der Waals surface area contributed by atoms with Crippen LogP contribution in [0.3, 0.4) is 0 Å². The van der Waals surface area contributed by atoms with Crippen molar-refractivity contribution < 1.29 is 29.0 Å². The summed E-state index contributed by atoms with van der Waals surface area (Å²) in [7, 11) is -0.151. The van der Waals surface area contributed by atoms with Crippen molar-refractivity contribution in [1.82, 2.24) is 0 Å². The monoisotopic (exact) mass is 463 g/mol. The van der Waals surface area contributed by atoms with Crippen LogP contribution in [0.4, 0.5) is 0 Å². The van der Waals surface area contributed by atoms with E-state index in [1.165, 1.54) is 14.7 Å². The molecule has 0 aliphatic carbocycles. The van der Waals surface area contributed by atoms with E-state index in [0.717, 1.165) is 5.56 Å². The van der Waals surface area contributed by atoms with Crippen molar-refractivity contribution >= 4 is 16.7 Å². The van der Waals surface area contributed by atoms with E-state index < -0.39 is 0 Å². The van der Waals surface area contributed by atoms with E-state index in [2.05, 4.69) is 85.5 Å². The Hall–Kier alpha value is -2.00. The Kier molecular flexibility index (Phi) is 8.67. The van der Waals surface area contributed by atoms with Crippen LogP contribution in [-0.2, 0) is 46.5 Å². The zero-order chi connectivity index (χ0) is 18.2. The second kappa shape index (κ2) is 11.0. The van der Waals surface area contributed by atoms with E-state index in [1.54, 1.807) is 0 Å². The van der Waals surface area contributed by atoms with Crippen molar-refractivity contribution in [2.24, 2.45) is 0 Å². The Balaban J connectivity index is 0.00000261. The molecule has 0 aliphatic rings. The second-order valence-electron chi connectivity index (χ2n) is 5.67. The van der Waals surface area contributed by atoms with Crippen LogP contribution in [0, 0.1) is 6.08 Å². The number of benzene rings is 3. The number of Topliss-reactive ketones (excluding diaryl/α,β-unsaturated/α-hetero) is 1. The summed E-state index contributed by atoms with van der Waals surface area (Å²) >= 11 is 0. The first-order chi connectivity index (χ1) is 12.8. The number of carbonyl (C=O) groups excluding carboxylic acids is 1. The van der Waals surface area contributed by atoms with Crippen molar-refractivity contribution in [2.45, 2.75) is 21.3 Å². The third-order valence-electron chi connectivity index (χ3n) is 3.82. The maximum atomic E-state index is 11.2. The first-order valence-electron chi connectivity index (χ1n) is 8.35. The van der Waals surface area contributed by atoms with Gasteiger partial charge in [-0.3, -0.25) is 6.58 Å². The molecule has 0 N–H and O–H groups in total. The molecule has 0 bridgehead atoms. The van der Waals surface area contributed by atoms with Crippen LogP contribution in [0.5, 0.6) is 0 Å². The maximum Gasteiger partial charge on any atom is 0.166 e. The summed E-state index contributed by atoms with van der Waals surface area (Å²) in [5.41, 5.74) is 1.04. The predicted octanol–water partition coefficient (Wildman–Crippen LogP) is 4.85. The van der Waals surface area contributed by atoms with Crippen molar-refractivity contribution in [3.63, 3.8) is 0 Å². The Morgan fingerprint density at radius 1 is 0.815 bits per heavy atom. The molecule has 0 spiro atoms. The number of hydrogen-bond acceptors (Lipinski definition) is 2. The topological polar surface area (TPSA) is 26.3 Å². The van der Waals surface area contributed by atoms with E-state index in [1.807, 2.05) is 12.1 Å². The Labute approximate surface area is 176 Å². The summed E-state index contributed by atoms with van der Waals surface area (Å²) in [5, 5.41) is 0. The Morgan fingerprint density at radius 3 is 1.78 bits per heavy atom. The minimum absolute atomic E-state index is 0. The largest absolute Gasteiger partial charge is 0.432 e. The Bertz CT molecular complexity index is 809. The third-order valence-corrected chi connectivity index (χ3v) is 6.05. The maximum absolute atomic E-state index is 11.2. The molecule has 1 radical (unpaired) electrons. The van der Waals surface area contributed by atoms with Gasteiger partial charge in [-0.1, -0.05) is 48.5 Å². The normalized spacial score (nSPS) is 10.3. The zero-order valence-electron chi connectivity index (χ0n) is 14.8. The molecule has 3 rings (SSSR count). The quantitative estimate of drug-likeness (QED) is 0.207. The van der Waals surface area contributed by atoms with Crippen LogP contribution in [-0.4, -0.2) is 12.4 Å². The summed E-state index contributed by atoms with van der Waals surface area (Å²) in [4.78, 5) is 15.0. The van der Waals surface area contributed by atoms with Gasteiger partial charge in [0, 0.05) is 25.3 Å². The number of carbonyl (C=O) groups is 1. The predicted molar refractivity (Wildman–Crippen MR) is 105 cm³/mol. The first-order valence-corrected chi connectivity index (χ1v) is 9.57. The Morgan fingerprint density at radius 2 is 1.30 bits per heavy atom. The average molecular weight is 463 g/mol. The molecule has 0 unspecified atom stereocenters. The fraction of sp³-hybridized carbons (Fsp3) is 0.0870. The van der Waals surface area contributed by atoms with Crippen LogP contribution < -0.4 is 0 Å². The summed E-state index contributed by atoms with van der Waals surface area (Å²) in [6.07, 6.45) is 2.30. The smallest absolute Gasteiger partial charge is 0.166 e. The van der Waals surface area contributed by atoms with Crippen LogP contribution in [0.25, 0.3) is 0 Å². The third kappa shape index (κ3) is 6.00. The van der Waals surface area contributed by atoms with Gasteiger partial charge in [0.1, 0.15) is 0 Å². The van der Waals surface area contributed by atoms with Crippen molar-refractivity contribution in [3.8, 4) is 0 Å². The molecule has 0 atom stereocenters. The molecule has 2 nitrogen and oxygen atoms in total. The molecule has 0 saturated heterocycles. The van der Waals surface area contributed by atoms with Crippen LogP contribution in [0.1, 0.15) is 5.56 Å². The molecule has 139 valence electrons. The van der Waals surface area contributed by atoms with E-state index in [0.29, 0.717) is 6.61 Å². The standard InChI is InChI=1S/C23H20O2S.Rh/c1-2-20(24)18-25-17-19-13-15-23(16-14-19)26(21-9-5-3-6-10-21)22-11-7-4-8-12-22;/h3-16H,1,17-18H2;. The van der Waals surface area contributed by atoms with Gasteiger partial charge in [0.15, 0.2) is 14.7 Å². The molecule has 0 fully saturated rings. The molecule has 0 amide bonds. The zero-order valence-corrected chi connectivity index (χ0v) is 17.2. The van der Waals surface area contributed by atoms with Crippen molar-refractivity contribution in [2.75, 3.05) is 6.61 Å². The summed E-state index contributed by atoms with van der Waals surface area (Å²) < 4.78 is 5.39. The van der Waals surface area contributed by atoms with Crippen LogP contribution in [0.15, 0.2) is 106 Å². The fourth-order valence-corrected chi connectivity index (χ4v) is 4.64. The molecular weight excluding hydrogens is 443 g/mol. The molecule has 0 saturated carbocycles. The van der Waals surface area contributed by atoms with Gasteiger partial charge in [-0.25, -0.2) is 0 Å². The average Bonchev–Trinajstić information content (AvgIpc) is 2.71. The van der Waals surface area contributed by atoms with Crippen LogP contribution in [0.2, 0.25) is 0 Å². The molecule has 0 aromatic heterocycles. The van der Waals surface area contributed by atoms with Gasteiger partial charge in [0.05, 0.1) is 24.1 Å². The molecule has 3 aromatic rings. The van der Waals surface area contributed by atoms with E-state index >= 15 is 0 Å². The van der Waals surface area contributed by atoms with Gasteiger partial charge in [0.25, 0.3) is 0 Å². The van der Waals surface area contributed by atoms with Gasteiger partial charge < -0.3 is 15.6 Å². The number of ketones is 1. The summed E-state index contributed by atoms with van der Waals surface area (Å²) in [5.74, 6) is -0.226. The molecule has 0 aliphatic heterocycles. The molecule has 0 heterocycles. The van der Waals surface area contributed by atoms with Gasteiger partial charge in [-0.2, -0.15) is 0 Å². The molecule has 4 heteroatoms. The van der Waals surface area contributed by atoms with E-state index in [9.17, 15) is 4.79 Å². The molecule has 27 heavy (non-hydrogen) atoms.